The number of hydrogen-bond donors (Lipinski definition) is 1. The summed E-state index contributed by atoms with van der Waals surface area (Å²) in [6, 6.07) is 2.01. The molecule has 0 amide bonds. The van der Waals surface area contributed by atoms with E-state index in [-0.39, 0.29) is 0 Å². The van der Waals surface area contributed by atoms with Crippen LogP contribution in [0.15, 0.2) is 11.4 Å². The van der Waals surface area contributed by atoms with Crippen LogP contribution in [0.5, 0.6) is 0 Å². The van der Waals surface area contributed by atoms with Gasteiger partial charge < -0.3 is 5.11 Å². The lowest BCUT2D eigenvalue weighted by Crippen LogP contribution is -2.45. The normalized spacial score (nSPS) is 32.4. The number of aliphatic carboxylic acids is 1. The highest BCUT2D eigenvalue weighted by Crippen LogP contribution is 2.39. The summed E-state index contributed by atoms with van der Waals surface area (Å²) in [5, 5.41) is 12.2. The van der Waals surface area contributed by atoms with Crippen molar-refractivity contribution in [3.8, 4) is 0 Å². The average molecular weight is 283 g/mol. The zero-order chi connectivity index (χ0) is 12.7. The van der Waals surface area contributed by atoms with Crippen LogP contribution in [0.25, 0.3) is 0 Å². The van der Waals surface area contributed by atoms with Gasteiger partial charge in [0.05, 0.1) is 0 Å². The Kier molecular flexibility index (Phi) is 3.38. The molecule has 1 saturated heterocycles. The van der Waals surface area contributed by atoms with Gasteiger partial charge in [-0.25, -0.2) is 0 Å². The van der Waals surface area contributed by atoms with Crippen LogP contribution in [-0.4, -0.2) is 39.6 Å². The van der Waals surface area contributed by atoms with Gasteiger partial charge in [-0.2, -0.15) is 11.8 Å². The Morgan fingerprint density at radius 1 is 1.56 bits per heavy atom. The van der Waals surface area contributed by atoms with Crippen LogP contribution in [0.1, 0.15) is 29.8 Å². The molecule has 1 fully saturated rings. The number of fused-ring (bicyclic) bond motifs is 1. The Hall–Kier alpha value is -0.520. The van der Waals surface area contributed by atoms with Crippen LogP contribution in [0.3, 0.4) is 0 Å². The predicted octanol–water partition coefficient (Wildman–Crippen LogP) is 2.63. The fourth-order valence-corrected chi connectivity index (χ4v) is 5.17. The molecule has 18 heavy (non-hydrogen) atoms. The zero-order valence-corrected chi connectivity index (χ0v) is 12.0. The topological polar surface area (TPSA) is 40.5 Å². The smallest absolute Gasteiger partial charge is 0.325 e. The standard InChI is InChI=1S/C13H17NO2S2/c1-8-6-9(7-18-8)14-4-2-11-10(3-5-17-11)12(14)13(15)16/h3,5,8-9,12H,2,4,6-7H2,1H3,(H,15,16). The molecule has 2 aliphatic heterocycles. The first-order chi connectivity index (χ1) is 8.66. The lowest BCUT2D eigenvalue weighted by atomic mass is 9.97. The summed E-state index contributed by atoms with van der Waals surface area (Å²) in [5.74, 6) is 0.378. The molecule has 0 saturated carbocycles. The van der Waals surface area contributed by atoms with Gasteiger partial charge in [0.25, 0.3) is 0 Å². The monoisotopic (exact) mass is 283 g/mol. The average Bonchev–Trinajstić information content (AvgIpc) is 2.95. The van der Waals surface area contributed by atoms with Crippen molar-refractivity contribution in [1.82, 2.24) is 4.90 Å². The molecule has 0 bridgehead atoms. The van der Waals surface area contributed by atoms with Gasteiger partial charge in [-0.05, 0) is 29.9 Å². The van der Waals surface area contributed by atoms with Crippen molar-refractivity contribution in [2.24, 2.45) is 0 Å². The summed E-state index contributed by atoms with van der Waals surface area (Å²) >= 11 is 3.66. The third-order valence-corrected chi connectivity index (χ3v) is 6.22. The van der Waals surface area contributed by atoms with Crippen LogP contribution in [0.2, 0.25) is 0 Å². The molecule has 2 aliphatic rings. The first kappa shape index (κ1) is 12.5. The Morgan fingerprint density at radius 2 is 2.39 bits per heavy atom. The zero-order valence-electron chi connectivity index (χ0n) is 10.3. The molecule has 1 N–H and O–H groups in total. The molecule has 1 aromatic heterocycles. The van der Waals surface area contributed by atoms with Gasteiger partial charge in [-0.15, -0.1) is 11.3 Å². The summed E-state index contributed by atoms with van der Waals surface area (Å²) < 4.78 is 0. The SMILES string of the molecule is CC1CC(N2CCc3sccc3C2C(=O)O)CS1. The fourth-order valence-electron chi connectivity index (χ4n) is 3.03. The van der Waals surface area contributed by atoms with Crippen molar-refractivity contribution in [2.75, 3.05) is 12.3 Å². The molecule has 5 heteroatoms. The van der Waals surface area contributed by atoms with Crippen molar-refractivity contribution in [2.45, 2.75) is 37.1 Å². The summed E-state index contributed by atoms with van der Waals surface area (Å²) in [6.07, 6.45) is 2.13. The number of nitrogens with zero attached hydrogens (tertiary/aromatic N) is 1. The van der Waals surface area contributed by atoms with Crippen LogP contribution in [0.4, 0.5) is 0 Å². The van der Waals surface area contributed by atoms with Crippen molar-refractivity contribution < 1.29 is 9.90 Å². The molecule has 3 rings (SSSR count). The van der Waals surface area contributed by atoms with Gasteiger partial charge >= 0.3 is 5.97 Å². The van der Waals surface area contributed by atoms with Crippen molar-refractivity contribution in [1.29, 1.82) is 0 Å². The maximum absolute atomic E-state index is 11.6. The van der Waals surface area contributed by atoms with Crippen molar-refractivity contribution in [3.05, 3.63) is 21.9 Å². The number of thiophene rings is 1. The molecule has 3 atom stereocenters. The van der Waals surface area contributed by atoms with Crippen LogP contribution < -0.4 is 0 Å². The Labute approximate surface area is 115 Å². The molecule has 0 aliphatic carbocycles. The molecule has 0 aromatic carbocycles. The minimum absolute atomic E-state index is 0.420. The Morgan fingerprint density at radius 3 is 3.06 bits per heavy atom. The van der Waals surface area contributed by atoms with E-state index in [1.165, 1.54) is 4.88 Å². The second-order valence-corrected chi connectivity index (χ2v) is 7.53. The number of carboxylic acids is 1. The molecule has 1 aromatic rings. The first-order valence-corrected chi connectivity index (χ1v) is 8.26. The minimum atomic E-state index is -0.695. The highest BCUT2D eigenvalue weighted by atomic mass is 32.2. The number of hydrogen-bond acceptors (Lipinski definition) is 4. The molecular weight excluding hydrogens is 266 g/mol. The second-order valence-electron chi connectivity index (χ2n) is 5.06. The Balaban J connectivity index is 1.89. The lowest BCUT2D eigenvalue weighted by molar-refractivity contribution is -0.145. The summed E-state index contributed by atoms with van der Waals surface area (Å²) in [5.41, 5.74) is 1.03. The third-order valence-electron chi connectivity index (χ3n) is 3.88. The number of thioether (sulfide) groups is 1. The predicted molar refractivity (Wildman–Crippen MR) is 75.4 cm³/mol. The molecule has 3 nitrogen and oxygen atoms in total. The number of carbonyl (C=O) groups is 1. The second kappa shape index (κ2) is 4.87. The summed E-state index contributed by atoms with van der Waals surface area (Å²) in [7, 11) is 0. The largest absolute Gasteiger partial charge is 0.480 e. The molecular formula is C13H17NO2S2. The molecule has 0 radical (unpaired) electrons. The van der Waals surface area contributed by atoms with Crippen molar-refractivity contribution in [3.63, 3.8) is 0 Å². The third kappa shape index (κ3) is 2.08. The fraction of sp³-hybridized carbons (Fsp3) is 0.615. The van der Waals surface area contributed by atoms with E-state index in [1.807, 2.05) is 23.2 Å². The van der Waals surface area contributed by atoms with Gasteiger partial charge in [0.15, 0.2) is 0 Å². The van der Waals surface area contributed by atoms with E-state index < -0.39 is 12.0 Å². The highest BCUT2D eigenvalue weighted by Gasteiger charge is 2.39. The molecule has 3 unspecified atom stereocenters. The van der Waals surface area contributed by atoms with Gasteiger partial charge in [0.2, 0.25) is 0 Å². The number of rotatable bonds is 2. The van der Waals surface area contributed by atoms with Crippen LogP contribution in [-0.2, 0) is 11.2 Å². The van der Waals surface area contributed by atoms with Crippen molar-refractivity contribution >= 4 is 29.1 Å². The van der Waals surface area contributed by atoms with Gasteiger partial charge in [0, 0.05) is 28.5 Å². The van der Waals surface area contributed by atoms with E-state index in [4.69, 9.17) is 0 Å². The quantitative estimate of drug-likeness (QED) is 0.906. The maximum Gasteiger partial charge on any atom is 0.325 e. The first-order valence-electron chi connectivity index (χ1n) is 6.33. The van der Waals surface area contributed by atoms with E-state index >= 15 is 0 Å². The van der Waals surface area contributed by atoms with Gasteiger partial charge in [-0.3, -0.25) is 9.69 Å². The Bertz CT molecular complexity index is 460. The van der Waals surface area contributed by atoms with E-state index in [2.05, 4.69) is 11.8 Å². The van der Waals surface area contributed by atoms with Crippen LogP contribution in [0, 0.1) is 0 Å². The summed E-state index contributed by atoms with van der Waals surface area (Å²) in [4.78, 5) is 15.1. The molecule has 3 heterocycles. The lowest BCUT2D eigenvalue weighted by Gasteiger charge is -2.37. The molecule has 0 spiro atoms. The highest BCUT2D eigenvalue weighted by molar-refractivity contribution is 8.00. The maximum atomic E-state index is 11.6. The van der Waals surface area contributed by atoms with Gasteiger partial charge in [-0.1, -0.05) is 6.92 Å². The van der Waals surface area contributed by atoms with Gasteiger partial charge in [0.1, 0.15) is 6.04 Å². The number of carboxylic acid groups (broad SMARTS) is 1. The summed E-state index contributed by atoms with van der Waals surface area (Å²) in [6.45, 7) is 3.13. The van der Waals surface area contributed by atoms with E-state index in [0.29, 0.717) is 11.3 Å². The van der Waals surface area contributed by atoms with E-state index in [0.717, 1.165) is 30.7 Å². The minimum Gasteiger partial charge on any atom is -0.480 e. The van der Waals surface area contributed by atoms with E-state index in [1.54, 1.807) is 11.3 Å². The molecule has 98 valence electrons. The van der Waals surface area contributed by atoms with E-state index in [9.17, 15) is 9.90 Å². The van der Waals surface area contributed by atoms with Crippen LogP contribution >= 0.6 is 23.1 Å².